The molecule has 1 aromatic rings. The maximum absolute atomic E-state index is 8.50. The summed E-state index contributed by atoms with van der Waals surface area (Å²) in [7, 11) is 0. The van der Waals surface area contributed by atoms with Gasteiger partial charge in [0.2, 0.25) is 0 Å². The number of halogens is 1. The topological polar surface area (TPSA) is 32.6 Å². The van der Waals surface area contributed by atoms with Crippen LogP contribution in [0.25, 0.3) is 5.57 Å². The quantitative estimate of drug-likeness (QED) is 0.461. The number of oxime groups is 1. The SMILES string of the molecule is C=C(C/C(C)=N/O)c1ccc(Cl)cc1. The van der Waals surface area contributed by atoms with Crippen LogP contribution < -0.4 is 0 Å². The van der Waals surface area contributed by atoms with E-state index in [2.05, 4.69) is 11.7 Å². The zero-order valence-corrected chi connectivity index (χ0v) is 8.75. The molecule has 1 aromatic carbocycles. The lowest BCUT2D eigenvalue weighted by atomic mass is 10.0. The molecule has 0 aliphatic carbocycles. The second-order valence-electron chi connectivity index (χ2n) is 3.12. The van der Waals surface area contributed by atoms with Gasteiger partial charge >= 0.3 is 0 Å². The van der Waals surface area contributed by atoms with Crippen LogP contribution in [0.4, 0.5) is 0 Å². The highest BCUT2D eigenvalue weighted by molar-refractivity contribution is 6.30. The molecule has 0 bridgehead atoms. The van der Waals surface area contributed by atoms with Gasteiger partial charge in [-0.3, -0.25) is 0 Å². The predicted octanol–water partition coefficient (Wildman–Crippen LogP) is 3.59. The van der Waals surface area contributed by atoms with Crippen molar-refractivity contribution < 1.29 is 5.21 Å². The third-order valence-electron chi connectivity index (χ3n) is 1.89. The van der Waals surface area contributed by atoms with Gasteiger partial charge in [0, 0.05) is 11.4 Å². The Morgan fingerprint density at radius 3 is 2.50 bits per heavy atom. The van der Waals surface area contributed by atoms with Crippen LogP contribution in [0.5, 0.6) is 0 Å². The van der Waals surface area contributed by atoms with Gasteiger partial charge < -0.3 is 5.21 Å². The van der Waals surface area contributed by atoms with Crippen molar-refractivity contribution in [3.63, 3.8) is 0 Å². The van der Waals surface area contributed by atoms with Gasteiger partial charge in [-0.15, -0.1) is 0 Å². The first-order chi connectivity index (χ1) is 6.63. The molecule has 0 fully saturated rings. The van der Waals surface area contributed by atoms with Gasteiger partial charge in [-0.05, 0) is 30.2 Å². The summed E-state index contributed by atoms with van der Waals surface area (Å²) >= 11 is 5.76. The molecule has 0 spiro atoms. The van der Waals surface area contributed by atoms with E-state index in [1.54, 1.807) is 6.92 Å². The van der Waals surface area contributed by atoms with E-state index in [0.717, 1.165) is 11.1 Å². The summed E-state index contributed by atoms with van der Waals surface area (Å²) in [5.74, 6) is 0. The fourth-order valence-corrected chi connectivity index (χ4v) is 1.26. The smallest absolute Gasteiger partial charge is 0.0583 e. The average Bonchev–Trinajstić information content (AvgIpc) is 2.18. The molecule has 74 valence electrons. The van der Waals surface area contributed by atoms with E-state index in [1.807, 2.05) is 24.3 Å². The lowest BCUT2D eigenvalue weighted by Gasteiger charge is -2.04. The van der Waals surface area contributed by atoms with E-state index in [0.29, 0.717) is 17.2 Å². The first-order valence-electron chi connectivity index (χ1n) is 4.24. The highest BCUT2D eigenvalue weighted by Crippen LogP contribution is 2.19. The van der Waals surface area contributed by atoms with E-state index < -0.39 is 0 Å². The van der Waals surface area contributed by atoms with Crippen LogP contribution in [0.15, 0.2) is 36.0 Å². The van der Waals surface area contributed by atoms with Crippen LogP contribution in [0.2, 0.25) is 5.02 Å². The van der Waals surface area contributed by atoms with Crippen LogP contribution >= 0.6 is 11.6 Å². The van der Waals surface area contributed by atoms with Crippen LogP contribution in [-0.4, -0.2) is 10.9 Å². The minimum Gasteiger partial charge on any atom is -0.411 e. The molecular weight excluding hydrogens is 198 g/mol. The Morgan fingerprint density at radius 1 is 1.43 bits per heavy atom. The Hall–Kier alpha value is -1.28. The maximum atomic E-state index is 8.50. The number of hydrogen-bond donors (Lipinski definition) is 1. The molecule has 1 rings (SSSR count). The number of benzene rings is 1. The monoisotopic (exact) mass is 209 g/mol. The molecule has 0 saturated carbocycles. The summed E-state index contributed by atoms with van der Waals surface area (Å²) in [4.78, 5) is 0. The number of allylic oxidation sites excluding steroid dienone is 1. The first kappa shape index (κ1) is 10.8. The van der Waals surface area contributed by atoms with Crippen molar-refractivity contribution in [2.24, 2.45) is 5.16 Å². The molecule has 14 heavy (non-hydrogen) atoms. The normalized spacial score (nSPS) is 11.4. The van der Waals surface area contributed by atoms with Crippen molar-refractivity contribution in [2.45, 2.75) is 13.3 Å². The standard InChI is InChI=1S/C11H12ClNO/c1-8(7-9(2)13-14)10-3-5-11(12)6-4-10/h3-6,14H,1,7H2,2H3/b13-9+. The summed E-state index contributed by atoms with van der Waals surface area (Å²) in [6, 6.07) is 7.42. The van der Waals surface area contributed by atoms with E-state index in [4.69, 9.17) is 16.8 Å². The molecule has 3 heteroatoms. The molecular formula is C11H12ClNO. The van der Waals surface area contributed by atoms with Gasteiger partial charge in [0.15, 0.2) is 0 Å². The Labute approximate surface area is 88.5 Å². The largest absolute Gasteiger partial charge is 0.411 e. The minimum atomic E-state index is 0.568. The molecule has 0 amide bonds. The van der Waals surface area contributed by atoms with Gasteiger partial charge in [0.05, 0.1) is 5.71 Å². The predicted molar refractivity (Wildman–Crippen MR) is 60.0 cm³/mol. The molecule has 1 N–H and O–H groups in total. The zero-order chi connectivity index (χ0) is 10.6. The highest BCUT2D eigenvalue weighted by atomic mass is 35.5. The molecule has 0 heterocycles. The summed E-state index contributed by atoms with van der Waals surface area (Å²) in [6.07, 6.45) is 0.568. The van der Waals surface area contributed by atoms with E-state index >= 15 is 0 Å². The van der Waals surface area contributed by atoms with Crippen molar-refractivity contribution in [3.8, 4) is 0 Å². The molecule has 2 nitrogen and oxygen atoms in total. The van der Waals surface area contributed by atoms with Crippen molar-refractivity contribution in [3.05, 3.63) is 41.4 Å². The lowest BCUT2D eigenvalue weighted by molar-refractivity contribution is 0.318. The van der Waals surface area contributed by atoms with E-state index in [-0.39, 0.29) is 0 Å². The summed E-state index contributed by atoms with van der Waals surface area (Å²) < 4.78 is 0. The zero-order valence-electron chi connectivity index (χ0n) is 8.00. The average molecular weight is 210 g/mol. The maximum Gasteiger partial charge on any atom is 0.0583 e. The molecule has 0 aliphatic heterocycles. The lowest BCUT2D eigenvalue weighted by Crippen LogP contribution is -1.93. The van der Waals surface area contributed by atoms with Gasteiger partial charge in [-0.2, -0.15) is 0 Å². The molecule has 0 atom stereocenters. The Bertz CT molecular complexity index is 354. The van der Waals surface area contributed by atoms with Crippen LogP contribution in [-0.2, 0) is 0 Å². The number of hydrogen-bond acceptors (Lipinski definition) is 2. The van der Waals surface area contributed by atoms with E-state index in [1.165, 1.54) is 0 Å². The minimum absolute atomic E-state index is 0.568. The molecule has 0 aromatic heterocycles. The third kappa shape index (κ3) is 2.89. The van der Waals surface area contributed by atoms with Crippen LogP contribution in [0.3, 0.4) is 0 Å². The van der Waals surface area contributed by atoms with Crippen molar-refractivity contribution in [1.82, 2.24) is 0 Å². The van der Waals surface area contributed by atoms with Gasteiger partial charge in [0.25, 0.3) is 0 Å². The Kier molecular flexibility index (Phi) is 3.72. The Morgan fingerprint density at radius 2 is 2.00 bits per heavy atom. The summed E-state index contributed by atoms with van der Waals surface area (Å²) in [5.41, 5.74) is 2.57. The second kappa shape index (κ2) is 4.82. The van der Waals surface area contributed by atoms with Crippen LogP contribution in [0.1, 0.15) is 18.9 Å². The van der Waals surface area contributed by atoms with Gasteiger partial charge in [-0.1, -0.05) is 35.5 Å². The van der Waals surface area contributed by atoms with Crippen molar-refractivity contribution in [2.75, 3.05) is 0 Å². The second-order valence-corrected chi connectivity index (χ2v) is 3.56. The summed E-state index contributed by atoms with van der Waals surface area (Å²) in [5, 5.41) is 12.3. The number of nitrogens with zero attached hydrogens (tertiary/aromatic N) is 1. The molecule has 0 unspecified atom stereocenters. The number of rotatable bonds is 3. The van der Waals surface area contributed by atoms with Gasteiger partial charge in [0.1, 0.15) is 0 Å². The molecule has 0 aliphatic rings. The van der Waals surface area contributed by atoms with Crippen LogP contribution in [0, 0.1) is 0 Å². The first-order valence-corrected chi connectivity index (χ1v) is 4.62. The molecule has 0 radical (unpaired) electrons. The third-order valence-corrected chi connectivity index (χ3v) is 2.14. The fourth-order valence-electron chi connectivity index (χ4n) is 1.13. The molecule has 0 saturated heterocycles. The van der Waals surface area contributed by atoms with Crippen molar-refractivity contribution in [1.29, 1.82) is 0 Å². The highest BCUT2D eigenvalue weighted by Gasteiger charge is 2.01. The summed E-state index contributed by atoms with van der Waals surface area (Å²) in [6.45, 7) is 5.66. The van der Waals surface area contributed by atoms with Crippen molar-refractivity contribution >= 4 is 22.9 Å². The Balaban J connectivity index is 2.75. The fraction of sp³-hybridized carbons (Fsp3) is 0.182. The van der Waals surface area contributed by atoms with E-state index in [9.17, 15) is 0 Å². The van der Waals surface area contributed by atoms with Gasteiger partial charge in [-0.25, -0.2) is 0 Å².